The standard InChI is InChI=1S/C13H18FN3O3S2/c1-3-4-5-6-7-8-22(19,20)13-16-17-11(18)9(2)10(14)15-12(17)21-13/h3-8H2,1-2H3. The molecule has 2 rings (SSSR count). The highest BCUT2D eigenvalue weighted by molar-refractivity contribution is 7.93. The highest BCUT2D eigenvalue weighted by Crippen LogP contribution is 2.20. The Bertz CT molecular complexity index is 827. The van der Waals surface area contributed by atoms with Crippen LogP contribution in [0.15, 0.2) is 9.13 Å². The van der Waals surface area contributed by atoms with E-state index in [4.69, 9.17) is 0 Å². The number of hydrogen-bond donors (Lipinski definition) is 0. The van der Waals surface area contributed by atoms with E-state index in [1.807, 2.05) is 0 Å². The van der Waals surface area contributed by atoms with Crippen molar-refractivity contribution in [3.05, 3.63) is 21.9 Å². The van der Waals surface area contributed by atoms with E-state index in [0.29, 0.717) is 6.42 Å². The second-order valence-corrected chi connectivity index (χ2v) is 8.37. The Kier molecular flexibility index (Phi) is 5.28. The summed E-state index contributed by atoms with van der Waals surface area (Å²) in [5, 5.41) is 3.81. The van der Waals surface area contributed by atoms with E-state index in [0.717, 1.165) is 41.5 Å². The molecule has 0 spiro atoms. The zero-order valence-electron chi connectivity index (χ0n) is 12.5. The highest BCUT2D eigenvalue weighted by atomic mass is 32.2. The van der Waals surface area contributed by atoms with Crippen molar-refractivity contribution in [2.75, 3.05) is 5.75 Å². The summed E-state index contributed by atoms with van der Waals surface area (Å²) in [6.45, 7) is 3.38. The molecule has 0 atom stereocenters. The molecule has 0 aliphatic carbocycles. The van der Waals surface area contributed by atoms with E-state index in [9.17, 15) is 17.6 Å². The van der Waals surface area contributed by atoms with Gasteiger partial charge in [0.05, 0.1) is 11.3 Å². The molecule has 2 heterocycles. The van der Waals surface area contributed by atoms with Gasteiger partial charge in [-0.05, 0) is 13.3 Å². The number of sulfone groups is 1. The van der Waals surface area contributed by atoms with Gasteiger partial charge in [-0.15, -0.1) is 5.10 Å². The fourth-order valence-corrected chi connectivity index (χ4v) is 4.55. The molecular weight excluding hydrogens is 329 g/mol. The Morgan fingerprint density at radius 1 is 1.23 bits per heavy atom. The van der Waals surface area contributed by atoms with Gasteiger partial charge in [0.2, 0.25) is 25.1 Å². The van der Waals surface area contributed by atoms with Crippen LogP contribution < -0.4 is 5.56 Å². The summed E-state index contributed by atoms with van der Waals surface area (Å²) in [6, 6.07) is 0. The van der Waals surface area contributed by atoms with Crippen molar-refractivity contribution in [1.82, 2.24) is 14.6 Å². The lowest BCUT2D eigenvalue weighted by Gasteiger charge is -2.00. The molecule has 0 radical (unpaired) electrons. The van der Waals surface area contributed by atoms with E-state index in [1.54, 1.807) is 0 Å². The fourth-order valence-electron chi connectivity index (χ4n) is 1.99. The molecule has 2 aromatic heterocycles. The van der Waals surface area contributed by atoms with Gasteiger partial charge in [0.15, 0.2) is 0 Å². The lowest BCUT2D eigenvalue weighted by atomic mass is 10.2. The second-order valence-electron chi connectivity index (χ2n) is 5.13. The molecule has 0 fully saturated rings. The number of hydrogen-bond acceptors (Lipinski definition) is 6. The van der Waals surface area contributed by atoms with Crippen molar-refractivity contribution in [2.24, 2.45) is 0 Å². The average Bonchev–Trinajstić information content (AvgIpc) is 2.89. The van der Waals surface area contributed by atoms with Crippen LogP contribution in [0.2, 0.25) is 0 Å². The van der Waals surface area contributed by atoms with Crippen LogP contribution in [0.1, 0.15) is 44.6 Å². The molecule has 0 N–H and O–H groups in total. The molecule has 0 aliphatic heterocycles. The van der Waals surface area contributed by atoms with Gasteiger partial charge in [0.25, 0.3) is 5.56 Å². The van der Waals surface area contributed by atoms with E-state index in [1.165, 1.54) is 6.92 Å². The normalized spacial score (nSPS) is 12.1. The first-order valence-corrected chi connectivity index (χ1v) is 9.62. The topological polar surface area (TPSA) is 81.4 Å². The number of aromatic nitrogens is 3. The smallest absolute Gasteiger partial charge is 0.267 e. The summed E-state index contributed by atoms with van der Waals surface area (Å²) in [6.07, 6.45) is 4.55. The molecule has 0 unspecified atom stereocenters. The third-order valence-electron chi connectivity index (χ3n) is 3.34. The maximum Gasteiger partial charge on any atom is 0.281 e. The van der Waals surface area contributed by atoms with Crippen molar-refractivity contribution < 1.29 is 12.8 Å². The third-order valence-corrected chi connectivity index (χ3v) is 6.50. The zero-order chi connectivity index (χ0) is 16.3. The van der Waals surface area contributed by atoms with Crippen LogP contribution in [0.4, 0.5) is 4.39 Å². The predicted molar refractivity (Wildman–Crippen MR) is 82.6 cm³/mol. The summed E-state index contributed by atoms with van der Waals surface area (Å²) in [4.78, 5) is 15.4. The number of fused-ring (bicyclic) bond motifs is 1. The number of rotatable bonds is 7. The van der Waals surface area contributed by atoms with E-state index >= 15 is 0 Å². The van der Waals surface area contributed by atoms with Crippen molar-refractivity contribution in [2.45, 2.75) is 50.3 Å². The van der Waals surface area contributed by atoms with Gasteiger partial charge in [-0.1, -0.05) is 43.9 Å². The number of nitrogens with zero attached hydrogens (tertiary/aromatic N) is 3. The molecule has 2 aromatic rings. The average molecular weight is 347 g/mol. The Morgan fingerprint density at radius 3 is 2.59 bits per heavy atom. The van der Waals surface area contributed by atoms with Crippen molar-refractivity contribution in [3.63, 3.8) is 0 Å². The lowest BCUT2D eigenvalue weighted by molar-refractivity contribution is 0.567. The zero-order valence-corrected chi connectivity index (χ0v) is 14.1. The molecule has 6 nitrogen and oxygen atoms in total. The minimum Gasteiger partial charge on any atom is -0.267 e. The van der Waals surface area contributed by atoms with Crippen LogP contribution in [0, 0.1) is 12.9 Å². The Balaban J connectivity index is 2.23. The summed E-state index contributed by atoms with van der Waals surface area (Å²) >= 11 is 0.722. The Labute approximate surface area is 131 Å². The summed E-state index contributed by atoms with van der Waals surface area (Å²) < 4.78 is 38.6. The number of halogens is 1. The molecule has 9 heteroatoms. The predicted octanol–water partition coefficient (Wildman–Crippen LogP) is 2.34. The van der Waals surface area contributed by atoms with Crippen LogP contribution in [0.25, 0.3) is 4.96 Å². The van der Waals surface area contributed by atoms with Gasteiger partial charge in [0.1, 0.15) is 0 Å². The molecule has 0 aromatic carbocycles. The first-order valence-electron chi connectivity index (χ1n) is 7.15. The second kappa shape index (κ2) is 6.82. The molecule has 0 amide bonds. The molecular formula is C13H18FN3O3S2. The molecule has 0 aliphatic rings. The van der Waals surface area contributed by atoms with Crippen LogP contribution in [-0.4, -0.2) is 28.8 Å². The largest absolute Gasteiger partial charge is 0.281 e. The van der Waals surface area contributed by atoms with Gasteiger partial charge in [-0.25, -0.2) is 8.42 Å². The van der Waals surface area contributed by atoms with Crippen molar-refractivity contribution in [3.8, 4) is 0 Å². The van der Waals surface area contributed by atoms with Gasteiger partial charge >= 0.3 is 0 Å². The monoisotopic (exact) mass is 347 g/mol. The first-order chi connectivity index (χ1) is 10.4. The molecule has 0 saturated carbocycles. The van der Waals surface area contributed by atoms with Crippen molar-refractivity contribution >= 4 is 26.1 Å². The first kappa shape index (κ1) is 17.0. The summed E-state index contributed by atoms with van der Waals surface area (Å²) in [7, 11) is -3.57. The van der Waals surface area contributed by atoms with Crippen LogP contribution >= 0.6 is 11.3 Å². The Hall–Kier alpha value is -1.35. The van der Waals surface area contributed by atoms with E-state index in [2.05, 4.69) is 17.0 Å². The highest BCUT2D eigenvalue weighted by Gasteiger charge is 2.22. The van der Waals surface area contributed by atoms with E-state index in [-0.39, 0.29) is 20.6 Å². The van der Waals surface area contributed by atoms with Crippen molar-refractivity contribution in [1.29, 1.82) is 0 Å². The quantitative estimate of drug-likeness (QED) is 0.567. The molecule has 0 bridgehead atoms. The summed E-state index contributed by atoms with van der Waals surface area (Å²) in [5.74, 6) is -0.913. The molecule has 0 saturated heterocycles. The summed E-state index contributed by atoms with van der Waals surface area (Å²) in [5.41, 5.74) is -0.852. The van der Waals surface area contributed by atoms with Crippen LogP contribution in [0.3, 0.4) is 0 Å². The van der Waals surface area contributed by atoms with Crippen LogP contribution in [0.5, 0.6) is 0 Å². The molecule has 122 valence electrons. The minimum absolute atomic E-state index is 0.0211. The molecule has 22 heavy (non-hydrogen) atoms. The minimum atomic E-state index is -3.57. The van der Waals surface area contributed by atoms with Crippen LogP contribution in [-0.2, 0) is 9.84 Å². The van der Waals surface area contributed by atoms with Gasteiger partial charge in [-0.3, -0.25) is 4.79 Å². The maximum atomic E-state index is 13.4. The fraction of sp³-hybridized carbons (Fsp3) is 0.615. The van der Waals surface area contributed by atoms with Gasteiger partial charge < -0.3 is 0 Å². The third kappa shape index (κ3) is 3.52. The van der Waals surface area contributed by atoms with E-state index < -0.39 is 21.3 Å². The maximum absolute atomic E-state index is 13.4. The number of unbranched alkanes of at least 4 members (excludes halogenated alkanes) is 4. The SMILES string of the molecule is CCCCCCCS(=O)(=O)c1nn2c(=O)c(C)c(F)nc2s1. The van der Waals surface area contributed by atoms with Gasteiger partial charge in [-0.2, -0.15) is 13.9 Å². The lowest BCUT2D eigenvalue weighted by Crippen LogP contribution is -2.20. The van der Waals surface area contributed by atoms with Gasteiger partial charge in [0, 0.05) is 0 Å². The Morgan fingerprint density at radius 2 is 1.91 bits per heavy atom.